The first kappa shape index (κ1) is 9.64. The number of thiazole rings is 1. The normalized spacial score (nSPS) is 13.2. The molecule has 68 valence electrons. The first-order valence-electron chi connectivity index (χ1n) is 4.08. The molecule has 4 heteroatoms. The quantitative estimate of drug-likeness (QED) is 0.714. The minimum Gasteiger partial charge on any atom is -0.318 e. The second-order valence-corrected chi connectivity index (χ2v) is 3.54. The first-order valence-corrected chi connectivity index (χ1v) is 5.02. The number of hydrogen-bond donors (Lipinski definition) is 2. The lowest BCUT2D eigenvalue weighted by Gasteiger charge is -2.11. The summed E-state index contributed by atoms with van der Waals surface area (Å²) < 4.78 is 0. The second kappa shape index (κ2) is 5.24. The predicted molar refractivity (Wildman–Crippen MR) is 52.3 cm³/mol. The number of nitrogens with zero attached hydrogens (tertiary/aromatic N) is 1. The SMILES string of the molecule is CNCC(C)NCc1cscn1. The fourth-order valence-electron chi connectivity index (χ4n) is 0.982. The summed E-state index contributed by atoms with van der Waals surface area (Å²) in [6, 6.07) is 0.497. The summed E-state index contributed by atoms with van der Waals surface area (Å²) in [4.78, 5) is 4.18. The highest BCUT2D eigenvalue weighted by Crippen LogP contribution is 1.99. The van der Waals surface area contributed by atoms with Crippen molar-refractivity contribution in [1.29, 1.82) is 0 Å². The molecule has 0 radical (unpaired) electrons. The maximum Gasteiger partial charge on any atom is 0.0795 e. The van der Waals surface area contributed by atoms with Gasteiger partial charge >= 0.3 is 0 Å². The van der Waals surface area contributed by atoms with E-state index in [1.165, 1.54) is 0 Å². The molecule has 3 nitrogen and oxygen atoms in total. The van der Waals surface area contributed by atoms with Crippen LogP contribution >= 0.6 is 11.3 Å². The van der Waals surface area contributed by atoms with Crippen molar-refractivity contribution in [3.05, 3.63) is 16.6 Å². The third-order valence-corrected chi connectivity index (χ3v) is 2.26. The molecule has 1 atom stereocenters. The van der Waals surface area contributed by atoms with Crippen LogP contribution < -0.4 is 10.6 Å². The monoisotopic (exact) mass is 185 g/mol. The minimum absolute atomic E-state index is 0.497. The average molecular weight is 185 g/mol. The zero-order chi connectivity index (χ0) is 8.81. The lowest BCUT2D eigenvalue weighted by atomic mass is 10.3. The molecule has 1 rings (SSSR count). The number of nitrogens with one attached hydrogen (secondary N) is 2. The van der Waals surface area contributed by atoms with Crippen molar-refractivity contribution in [3.63, 3.8) is 0 Å². The molecule has 0 aliphatic heterocycles. The number of rotatable bonds is 5. The summed E-state index contributed by atoms with van der Waals surface area (Å²) >= 11 is 1.64. The molecule has 1 heterocycles. The van der Waals surface area contributed by atoms with E-state index in [-0.39, 0.29) is 0 Å². The average Bonchev–Trinajstić information content (AvgIpc) is 2.53. The Hall–Kier alpha value is -0.450. The number of aromatic nitrogens is 1. The smallest absolute Gasteiger partial charge is 0.0795 e. The van der Waals surface area contributed by atoms with Gasteiger partial charge in [-0.15, -0.1) is 11.3 Å². The Labute approximate surface area is 77.2 Å². The van der Waals surface area contributed by atoms with Gasteiger partial charge < -0.3 is 10.6 Å². The molecule has 1 aromatic rings. The van der Waals surface area contributed by atoms with Crippen LogP contribution in [-0.4, -0.2) is 24.6 Å². The summed E-state index contributed by atoms with van der Waals surface area (Å²) in [5, 5.41) is 8.55. The van der Waals surface area contributed by atoms with Crippen molar-refractivity contribution in [2.24, 2.45) is 0 Å². The third-order valence-electron chi connectivity index (χ3n) is 1.63. The van der Waals surface area contributed by atoms with Gasteiger partial charge in [0.05, 0.1) is 11.2 Å². The molecular formula is C8H15N3S. The van der Waals surface area contributed by atoms with E-state index in [4.69, 9.17) is 0 Å². The van der Waals surface area contributed by atoms with E-state index in [2.05, 4.69) is 27.9 Å². The predicted octanol–water partition coefficient (Wildman–Crippen LogP) is 0.841. The number of likely N-dealkylation sites (N-methyl/N-ethyl adjacent to an activating group) is 1. The van der Waals surface area contributed by atoms with Crippen LogP contribution in [0, 0.1) is 0 Å². The van der Waals surface area contributed by atoms with Crippen LogP contribution in [-0.2, 0) is 6.54 Å². The van der Waals surface area contributed by atoms with Gasteiger partial charge in [-0.2, -0.15) is 0 Å². The van der Waals surface area contributed by atoms with Gasteiger partial charge in [-0.3, -0.25) is 0 Å². The Morgan fingerprint density at radius 1 is 1.67 bits per heavy atom. The van der Waals surface area contributed by atoms with Gasteiger partial charge in [0, 0.05) is 24.5 Å². The Morgan fingerprint density at radius 3 is 3.08 bits per heavy atom. The van der Waals surface area contributed by atoms with Gasteiger partial charge in [-0.25, -0.2) is 4.98 Å². The van der Waals surface area contributed by atoms with E-state index >= 15 is 0 Å². The second-order valence-electron chi connectivity index (χ2n) is 2.82. The van der Waals surface area contributed by atoms with Crippen LogP contribution in [0.3, 0.4) is 0 Å². The molecule has 0 fully saturated rings. The molecule has 0 amide bonds. The minimum atomic E-state index is 0.497. The third kappa shape index (κ3) is 3.30. The summed E-state index contributed by atoms with van der Waals surface area (Å²) in [5.74, 6) is 0. The van der Waals surface area contributed by atoms with Crippen molar-refractivity contribution < 1.29 is 0 Å². The van der Waals surface area contributed by atoms with E-state index in [0.29, 0.717) is 6.04 Å². The van der Waals surface area contributed by atoms with E-state index < -0.39 is 0 Å². The Morgan fingerprint density at radius 2 is 2.50 bits per heavy atom. The van der Waals surface area contributed by atoms with Gasteiger partial charge in [0.15, 0.2) is 0 Å². The topological polar surface area (TPSA) is 37.0 Å². The molecule has 0 aliphatic rings. The molecule has 0 saturated heterocycles. The summed E-state index contributed by atoms with van der Waals surface area (Å²) in [5.41, 5.74) is 2.99. The van der Waals surface area contributed by atoms with Crippen molar-refractivity contribution in [3.8, 4) is 0 Å². The van der Waals surface area contributed by atoms with Crippen molar-refractivity contribution in [2.45, 2.75) is 19.5 Å². The fraction of sp³-hybridized carbons (Fsp3) is 0.625. The van der Waals surface area contributed by atoms with Gasteiger partial charge in [-0.1, -0.05) is 0 Å². The zero-order valence-electron chi connectivity index (χ0n) is 7.50. The molecule has 0 spiro atoms. The van der Waals surface area contributed by atoms with E-state index in [9.17, 15) is 0 Å². The zero-order valence-corrected chi connectivity index (χ0v) is 8.32. The highest BCUT2D eigenvalue weighted by atomic mass is 32.1. The molecule has 0 bridgehead atoms. The largest absolute Gasteiger partial charge is 0.318 e. The van der Waals surface area contributed by atoms with Crippen LogP contribution in [0.2, 0.25) is 0 Å². The molecule has 1 unspecified atom stereocenters. The summed E-state index contributed by atoms with van der Waals surface area (Å²) in [7, 11) is 1.96. The molecule has 1 aromatic heterocycles. The van der Waals surface area contributed by atoms with E-state index in [1.807, 2.05) is 12.6 Å². The Bertz CT molecular complexity index is 198. The fourth-order valence-corrected chi connectivity index (χ4v) is 1.54. The molecule has 0 saturated carbocycles. The van der Waals surface area contributed by atoms with Crippen molar-refractivity contribution in [1.82, 2.24) is 15.6 Å². The molecule has 12 heavy (non-hydrogen) atoms. The highest BCUT2D eigenvalue weighted by Gasteiger charge is 1.99. The molecule has 0 aromatic carbocycles. The van der Waals surface area contributed by atoms with Gasteiger partial charge in [0.2, 0.25) is 0 Å². The first-order chi connectivity index (χ1) is 5.83. The standard InChI is InChI=1S/C8H15N3S/c1-7(3-9-2)10-4-8-5-12-6-11-8/h5-7,9-10H,3-4H2,1-2H3. The van der Waals surface area contributed by atoms with Crippen LogP contribution in [0.4, 0.5) is 0 Å². The van der Waals surface area contributed by atoms with Crippen LogP contribution in [0.1, 0.15) is 12.6 Å². The number of hydrogen-bond acceptors (Lipinski definition) is 4. The van der Waals surface area contributed by atoms with Crippen LogP contribution in [0.15, 0.2) is 10.9 Å². The van der Waals surface area contributed by atoms with Gasteiger partial charge in [0.1, 0.15) is 0 Å². The highest BCUT2D eigenvalue weighted by molar-refractivity contribution is 7.07. The summed E-state index contributed by atoms with van der Waals surface area (Å²) in [6.45, 7) is 4.01. The maximum atomic E-state index is 4.18. The maximum absolute atomic E-state index is 4.18. The van der Waals surface area contributed by atoms with Gasteiger partial charge in [0.25, 0.3) is 0 Å². The molecule has 2 N–H and O–H groups in total. The van der Waals surface area contributed by atoms with Crippen molar-refractivity contribution >= 4 is 11.3 Å². The lowest BCUT2D eigenvalue weighted by molar-refractivity contribution is 0.519. The van der Waals surface area contributed by atoms with E-state index in [0.717, 1.165) is 18.8 Å². The van der Waals surface area contributed by atoms with Crippen LogP contribution in [0.25, 0.3) is 0 Å². The Kier molecular flexibility index (Phi) is 4.21. The lowest BCUT2D eigenvalue weighted by Crippen LogP contribution is -2.34. The van der Waals surface area contributed by atoms with Crippen molar-refractivity contribution in [2.75, 3.05) is 13.6 Å². The summed E-state index contributed by atoms with van der Waals surface area (Å²) in [6.07, 6.45) is 0. The molecular weight excluding hydrogens is 170 g/mol. The molecule has 0 aliphatic carbocycles. The van der Waals surface area contributed by atoms with E-state index in [1.54, 1.807) is 11.3 Å². The van der Waals surface area contributed by atoms with Crippen LogP contribution in [0.5, 0.6) is 0 Å². The Balaban J connectivity index is 2.17. The van der Waals surface area contributed by atoms with Gasteiger partial charge in [-0.05, 0) is 14.0 Å².